The third-order valence-corrected chi connectivity index (χ3v) is 2.86. The average Bonchev–Trinajstić information content (AvgIpc) is 2.79. The van der Waals surface area contributed by atoms with Crippen LogP contribution in [-0.4, -0.2) is 22.8 Å². The Balaban J connectivity index is 2.12. The number of imidazole rings is 1. The molecule has 90 valence electrons. The van der Waals surface area contributed by atoms with E-state index in [1.807, 2.05) is 29.8 Å². The highest BCUT2D eigenvalue weighted by Gasteiger charge is 2.16. The first-order valence-corrected chi connectivity index (χ1v) is 5.61. The van der Waals surface area contributed by atoms with Gasteiger partial charge in [-0.3, -0.25) is 0 Å². The fraction of sp³-hybridized carbons (Fsp3) is 0.231. The zero-order chi connectivity index (χ0) is 12.5. The van der Waals surface area contributed by atoms with Crippen LogP contribution in [0.4, 0.5) is 0 Å². The topological polar surface area (TPSA) is 60.1 Å². The van der Waals surface area contributed by atoms with E-state index in [0.717, 1.165) is 17.0 Å². The Morgan fingerprint density at radius 3 is 2.83 bits per heavy atom. The predicted molar refractivity (Wildman–Crippen MR) is 64.3 cm³/mol. The van der Waals surface area contributed by atoms with Crippen LogP contribution in [0.5, 0.6) is 11.5 Å². The molecule has 1 aromatic carbocycles. The highest BCUT2D eigenvalue weighted by atomic mass is 16.6. The van der Waals surface area contributed by atoms with Gasteiger partial charge < -0.3 is 14.0 Å². The molecule has 0 amide bonds. The summed E-state index contributed by atoms with van der Waals surface area (Å²) in [5.74, 6) is 1.45. The Bertz CT molecular complexity index is 640. The van der Waals surface area contributed by atoms with Crippen LogP contribution in [0.15, 0.2) is 24.5 Å². The van der Waals surface area contributed by atoms with Gasteiger partial charge in [-0.15, -0.1) is 0 Å². The molecular weight excluding hydrogens is 230 g/mol. The Labute approximate surface area is 104 Å². The van der Waals surface area contributed by atoms with E-state index in [2.05, 4.69) is 11.1 Å². The maximum absolute atomic E-state index is 9.05. The number of fused-ring (bicyclic) bond motifs is 1. The summed E-state index contributed by atoms with van der Waals surface area (Å²) in [5.41, 5.74) is 2.10. The molecule has 1 aliphatic heterocycles. The van der Waals surface area contributed by atoms with E-state index in [1.54, 1.807) is 6.33 Å². The van der Waals surface area contributed by atoms with E-state index in [1.165, 1.54) is 0 Å². The Kier molecular flexibility index (Phi) is 2.41. The van der Waals surface area contributed by atoms with Crippen molar-refractivity contribution in [3.63, 3.8) is 0 Å². The maximum atomic E-state index is 9.05. The zero-order valence-electron chi connectivity index (χ0n) is 9.88. The summed E-state index contributed by atoms with van der Waals surface area (Å²) in [6.07, 6.45) is 1.63. The van der Waals surface area contributed by atoms with Gasteiger partial charge in [-0.1, -0.05) is 0 Å². The molecule has 3 rings (SSSR count). The minimum Gasteiger partial charge on any atom is -0.486 e. The lowest BCUT2D eigenvalue weighted by atomic mass is 10.1. The van der Waals surface area contributed by atoms with Crippen LogP contribution < -0.4 is 9.47 Å². The van der Waals surface area contributed by atoms with Gasteiger partial charge in [0.1, 0.15) is 19.3 Å². The zero-order valence-corrected chi connectivity index (χ0v) is 9.88. The largest absolute Gasteiger partial charge is 0.486 e. The van der Waals surface area contributed by atoms with E-state index in [9.17, 15) is 0 Å². The van der Waals surface area contributed by atoms with Gasteiger partial charge in [0.2, 0.25) is 0 Å². The first kappa shape index (κ1) is 10.7. The van der Waals surface area contributed by atoms with Gasteiger partial charge in [0, 0.05) is 12.6 Å². The highest BCUT2D eigenvalue weighted by molar-refractivity contribution is 5.68. The second kappa shape index (κ2) is 4.08. The second-order valence-corrected chi connectivity index (χ2v) is 4.02. The Hall–Kier alpha value is -2.48. The quantitative estimate of drug-likeness (QED) is 0.762. The lowest BCUT2D eigenvalue weighted by molar-refractivity contribution is 0.171. The van der Waals surface area contributed by atoms with Crippen LogP contribution >= 0.6 is 0 Å². The minimum absolute atomic E-state index is 0.411. The van der Waals surface area contributed by atoms with Gasteiger partial charge in [0.05, 0.1) is 12.0 Å². The molecule has 5 nitrogen and oxygen atoms in total. The number of hydrogen-bond acceptors (Lipinski definition) is 4. The molecule has 0 spiro atoms. The normalized spacial score (nSPS) is 13.1. The number of nitrogens with zero attached hydrogens (tertiary/aromatic N) is 3. The van der Waals surface area contributed by atoms with Crippen molar-refractivity contribution in [1.29, 1.82) is 5.26 Å². The van der Waals surface area contributed by atoms with Gasteiger partial charge in [0.25, 0.3) is 0 Å². The molecule has 0 unspecified atom stereocenters. The summed E-state index contributed by atoms with van der Waals surface area (Å²) in [7, 11) is 1.86. The molecule has 0 atom stereocenters. The smallest absolute Gasteiger partial charge is 0.166 e. The molecular formula is C13H11N3O2. The molecule has 2 aromatic rings. The van der Waals surface area contributed by atoms with Crippen LogP contribution in [0, 0.1) is 11.3 Å². The summed E-state index contributed by atoms with van der Waals surface area (Å²) in [4.78, 5) is 4.05. The highest BCUT2D eigenvalue weighted by Crippen LogP contribution is 2.35. The van der Waals surface area contributed by atoms with Crippen molar-refractivity contribution in [2.45, 2.75) is 0 Å². The number of aromatic nitrogens is 2. The summed E-state index contributed by atoms with van der Waals surface area (Å²) in [6.45, 7) is 1.12. The first-order valence-electron chi connectivity index (χ1n) is 5.61. The standard InChI is InChI=1S/C13H11N3O2/c1-16-8-15-10(7-14)13(16)9-2-3-11-12(6-9)18-5-4-17-11/h2-3,6,8H,4-5H2,1H3. The summed E-state index contributed by atoms with van der Waals surface area (Å²) in [5, 5.41) is 9.05. The van der Waals surface area contributed by atoms with Crippen molar-refractivity contribution < 1.29 is 9.47 Å². The molecule has 18 heavy (non-hydrogen) atoms. The summed E-state index contributed by atoms with van der Waals surface area (Å²) < 4.78 is 12.8. The monoisotopic (exact) mass is 241 g/mol. The molecule has 2 heterocycles. The lowest BCUT2D eigenvalue weighted by Gasteiger charge is -2.19. The van der Waals surface area contributed by atoms with E-state index >= 15 is 0 Å². The number of ether oxygens (including phenoxy) is 2. The van der Waals surface area contributed by atoms with E-state index in [0.29, 0.717) is 24.7 Å². The van der Waals surface area contributed by atoms with Gasteiger partial charge >= 0.3 is 0 Å². The van der Waals surface area contributed by atoms with Crippen LogP contribution in [0.25, 0.3) is 11.3 Å². The van der Waals surface area contributed by atoms with Crippen molar-refractivity contribution in [3.05, 3.63) is 30.2 Å². The van der Waals surface area contributed by atoms with E-state index in [4.69, 9.17) is 14.7 Å². The predicted octanol–water partition coefficient (Wildman–Crippen LogP) is 1.73. The molecule has 0 aliphatic carbocycles. The number of aryl methyl sites for hydroxylation is 1. The number of nitriles is 1. The fourth-order valence-corrected chi connectivity index (χ4v) is 2.04. The van der Waals surface area contributed by atoms with Crippen molar-refractivity contribution in [3.8, 4) is 28.8 Å². The Morgan fingerprint density at radius 2 is 2.06 bits per heavy atom. The third-order valence-electron chi connectivity index (χ3n) is 2.86. The molecule has 0 saturated heterocycles. The second-order valence-electron chi connectivity index (χ2n) is 4.02. The molecule has 1 aromatic heterocycles. The van der Waals surface area contributed by atoms with Crippen LogP contribution in [0.1, 0.15) is 5.69 Å². The molecule has 0 radical (unpaired) electrons. The van der Waals surface area contributed by atoms with Gasteiger partial charge in [0.15, 0.2) is 17.2 Å². The van der Waals surface area contributed by atoms with E-state index < -0.39 is 0 Å². The number of benzene rings is 1. The molecule has 5 heteroatoms. The van der Waals surface area contributed by atoms with E-state index in [-0.39, 0.29) is 0 Å². The van der Waals surface area contributed by atoms with Gasteiger partial charge in [-0.25, -0.2) is 4.98 Å². The molecule has 0 bridgehead atoms. The lowest BCUT2D eigenvalue weighted by Crippen LogP contribution is -2.15. The van der Waals surface area contributed by atoms with Crippen molar-refractivity contribution >= 4 is 0 Å². The molecule has 0 N–H and O–H groups in total. The van der Waals surface area contributed by atoms with Crippen molar-refractivity contribution in [2.75, 3.05) is 13.2 Å². The first-order chi connectivity index (χ1) is 8.79. The fourth-order valence-electron chi connectivity index (χ4n) is 2.04. The van der Waals surface area contributed by atoms with Crippen molar-refractivity contribution in [1.82, 2.24) is 9.55 Å². The molecule has 1 aliphatic rings. The van der Waals surface area contributed by atoms with Gasteiger partial charge in [-0.2, -0.15) is 5.26 Å². The SMILES string of the molecule is Cn1cnc(C#N)c1-c1ccc2c(c1)OCCO2. The van der Waals surface area contributed by atoms with Crippen LogP contribution in [-0.2, 0) is 7.05 Å². The number of hydrogen-bond donors (Lipinski definition) is 0. The minimum atomic E-state index is 0.411. The van der Waals surface area contributed by atoms with Crippen LogP contribution in [0.3, 0.4) is 0 Å². The maximum Gasteiger partial charge on any atom is 0.166 e. The number of rotatable bonds is 1. The Morgan fingerprint density at radius 1 is 1.28 bits per heavy atom. The summed E-state index contributed by atoms with van der Waals surface area (Å²) in [6, 6.07) is 7.74. The van der Waals surface area contributed by atoms with Gasteiger partial charge in [-0.05, 0) is 18.2 Å². The van der Waals surface area contributed by atoms with Crippen LogP contribution in [0.2, 0.25) is 0 Å². The van der Waals surface area contributed by atoms with Crippen molar-refractivity contribution in [2.24, 2.45) is 7.05 Å². The molecule has 0 fully saturated rings. The molecule has 0 saturated carbocycles. The third kappa shape index (κ3) is 1.59. The summed E-state index contributed by atoms with van der Waals surface area (Å²) >= 11 is 0. The average molecular weight is 241 g/mol.